The minimum Gasteiger partial charge on any atom is -0.369 e. The number of amides is 1. The van der Waals surface area contributed by atoms with Gasteiger partial charge >= 0.3 is 0 Å². The molecule has 0 radical (unpaired) electrons. The normalized spacial score (nSPS) is 14.6. The number of rotatable bonds is 7. The molecule has 172 valence electrons. The van der Waals surface area contributed by atoms with Crippen molar-refractivity contribution in [1.82, 2.24) is 14.9 Å². The fourth-order valence-corrected chi connectivity index (χ4v) is 4.55. The number of carbonyl (C=O) groups excluding carboxylic acids is 1. The Kier molecular flexibility index (Phi) is 6.85. The Labute approximate surface area is 193 Å². The molecule has 0 aliphatic carbocycles. The highest BCUT2D eigenvalue weighted by Crippen LogP contribution is 2.18. The summed E-state index contributed by atoms with van der Waals surface area (Å²) >= 11 is 0. The van der Waals surface area contributed by atoms with Gasteiger partial charge in [0.1, 0.15) is 0 Å². The van der Waals surface area contributed by atoms with Gasteiger partial charge in [-0.15, -0.1) is 0 Å². The maximum atomic E-state index is 12.5. The predicted octanol–water partition coefficient (Wildman–Crippen LogP) is 2.35. The number of aryl methyl sites for hydroxylation is 1. The van der Waals surface area contributed by atoms with Gasteiger partial charge in [0.25, 0.3) is 10.0 Å². The molecule has 0 spiro atoms. The molecule has 3 aromatic rings. The van der Waals surface area contributed by atoms with Crippen LogP contribution in [0.4, 0.5) is 17.3 Å². The second-order valence-electron chi connectivity index (χ2n) is 7.80. The molecule has 2 N–H and O–H groups in total. The number of aromatic nitrogens is 2. The molecule has 1 saturated heterocycles. The molecule has 1 aliphatic rings. The molecular weight excluding hydrogens is 440 g/mol. The first kappa shape index (κ1) is 22.7. The third kappa shape index (κ3) is 6.05. The highest BCUT2D eigenvalue weighted by atomic mass is 32.2. The van der Waals surface area contributed by atoms with Gasteiger partial charge in [0, 0.05) is 49.4 Å². The van der Waals surface area contributed by atoms with E-state index in [1.165, 1.54) is 24.0 Å². The number of sulfonamides is 1. The lowest BCUT2D eigenvalue weighted by Gasteiger charge is -2.35. The van der Waals surface area contributed by atoms with Gasteiger partial charge in [-0.3, -0.25) is 9.69 Å². The number of carbonyl (C=O) groups is 1. The Morgan fingerprint density at radius 2 is 1.67 bits per heavy atom. The van der Waals surface area contributed by atoms with E-state index in [0.717, 1.165) is 26.2 Å². The fraction of sp³-hybridized carbons (Fsp3) is 0.261. The summed E-state index contributed by atoms with van der Waals surface area (Å²) in [6.07, 6.45) is 1.49. The van der Waals surface area contributed by atoms with E-state index in [1.807, 2.05) is 18.2 Å². The molecule has 0 atom stereocenters. The van der Waals surface area contributed by atoms with Crippen LogP contribution in [-0.2, 0) is 14.8 Å². The van der Waals surface area contributed by atoms with Gasteiger partial charge in [-0.1, -0.05) is 18.2 Å². The SMILES string of the molecule is Cc1ccnc(NS(=O)(=O)c2ccc(NC(=O)CN3CCN(c4ccccc4)CC3)cc2)n1. The molecule has 1 aliphatic heterocycles. The van der Waals surface area contributed by atoms with Gasteiger partial charge < -0.3 is 10.2 Å². The Hall–Kier alpha value is -3.50. The summed E-state index contributed by atoms with van der Waals surface area (Å²) in [6.45, 7) is 5.36. The van der Waals surface area contributed by atoms with Crippen LogP contribution in [0.15, 0.2) is 71.8 Å². The highest BCUT2D eigenvalue weighted by Gasteiger charge is 2.20. The average Bonchev–Trinajstić information content (AvgIpc) is 2.80. The van der Waals surface area contributed by atoms with Gasteiger partial charge in [-0.05, 0) is 49.4 Å². The monoisotopic (exact) mass is 466 g/mol. The van der Waals surface area contributed by atoms with Gasteiger partial charge in [-0.25, -0.2) is 23.1 Å². The second kappa shape index (κ2) is 9.97. The van der Waals surface area contributed by atoms with Gasteiger partial charge in [0.15, 0.2) is 0 Å². The Bertz CT molecular complexity index is 1190. The first-order valence-corrected chi connectivity index (χ1v) is 12.1. The standard InChI is InChI=1S/C23H26N6O3S/c1-18-11-12-24-23(25-18)27-33(31,32)21-9-7-19(8-10-21)26-22(30)17-28-13-15-29(16-14-28)20-5-3-2-4-6-20/h2-12H,13-17H2,1H3,(H,26,30)(H,24,25,27). The molecule has 2 heterocycles. The van der Waals surface area contributed by atoms with Gasteiger partial charge in [0.05, 0.1) is 11.4 Å². The van der Waals surface area contributed by atoms with Gasteiger partial charge in [-0.2, -0.15) is 0 Å². The lowest BCUT2D eigenvalue weighted by atomic mass is 10.2. The van der Waals surface area contributed by atoms with E-state index < -0.39 is 10.0 Å². The molecule has 33 heavy (non-hydrogen) atoms. The van der Waals surface area contributed by atoms with Crippen molar-refractivity contribution < 1.29 is 13.2 Å². The van der Waals surface area contributed by atoms with Crippen LogP contribution < -0.4 is 14.9 Å². The summed E-state index contributed by atoms with van der Waals surface area (Å²) in [5.41, 5.74) is 2.39. The lowest BCUT2D eigenvalue weighted by molar-refractivity contribution is -0.117. The van der Waals surface area contributed by atoms with Crippen molar-refractivity contribution in [2.24, 2.45) is 0 Å². The van der Waals surface area contributed by atoms with E-state index in [1.54, 1.807) is 25.1 Å². The predicted molar refractivity (Wildman–Crippen MR) is 128 cm³/mol. The smallest absolute Gasteiger partial charge is 0.264 e. The summed E-state index contributed by atoms with van der Waals surface area (Å²) in [5.74, 6) is -0.121. The zero-order chi connectivity index (χ0) is 23.3. The molecule has 10 heteroatoms. The van der Waals surface area contributed by atoms with Crippen molar-refractivity contribution in [3.63, 3.8) is 0 Å². The summed E-state index contributed by atoms with van der Waals surface area (Å²) in [6, 6.07) is 17.9. The number of benzene rings is 2. The minimum absolute atomic E-state index is 0.0136. The van der Waals surface area contributed by atoms with Crippen LogP contribution in [0.5, 0.6) is 0 Å². The van der Waals surface area contributed by atoms with Crippen LogP contribution >= 0.6 is 0 Å². The molecule has 1 aromatic heterocycles. The summed E-state index contributed by atoms with van der Waals surface area (Å²) in [7, 11) is -3.83. The largest absolute Gasteiger partial charge is 0.369 e. The van der Waals surface area contributed by atoms with E-state index in [2.05, 4.69) is 41.9 Å². The van der Waals surface area contributed by atoms with E-state index in [9.17, 15) is 13.2 Å². The van der Waals surface area contributed by atoms with Crippen molar-refractivity contribution in [2.45, 2.75) is 11.8 Å². The first-order valence-electron chi connectivity index (χ1n) is 10.6. The van der Waals surface area contributed by atoms with Crippen LogP contribution in [0.1, 0.15) is 5.69 Å². The molecule has 4 rings (SSSR count). The first-order chi connectivity index (χ1) is 15.9. The minimum atomic E-state index is -3.83. The summed E-state index contributed by atoms with van der Waals surface area (Å²) in [4.78, 5) is 24.9. The van der Waals surface area contributed by atoms with Crippen LogP contribution in [0, 0.1) is 6.92 Å². The zero-order valence-electron chi connectivity index (χ0n) is 18.3. The van der Waals surface area contributed by atoms with Crippen molar-refractivity contribution in [2.75, 3.05) is 47.7 Å². The molecule has 1 fully saturated rings. The molecule has 1 amide bonds. The number of para-hydroxylation sites is 1. The molecular formula is C23H26N6O3S. The van der Waals surface area contributed by atoms with Crippen LogP contribution in [0.2, 0.25) is 0 Å². The third-order valence-electron chi connectivity index (χ3n) is 5.33. The topological polar surface area (TPSA) is 108 Å². The molecule has 0 saturated carbocycles. The highest BCUT2D eigenvalue weighted by molar-refractivity contribution is 7.92. The van der Waals surface area contributed by atoms with E-state index in [4.69, 9.17) is 0 Å². The number of hydrogen-bond acceptors (Lipinski definition) is 7. The summed E-state index contributed by atoms with van der Waals surface area (Å²) in [5, 5.41) is 2.83. The molecule has 9 nitrogen and oxygen atoms in total. The molecule has 2 aromatic carbocycles. The lowest BCUT2D eigenvalue weighted by Crippen LogP contribution is -2.48. The average molecular weight is 467 g/mol. The Morgan fingerprint density at radius 3 is 2.33 bits per heavy atom. The van der Waals surface area contributed by atoms with Crippen LogP contribution in [0.25, 0.3) is 0 Å². The zero-order valence-corrected chi connectivity index (χ0v) is 19.1. The molecule has 0 unspecified atom stereocenters. The fourth-order valence-electron chi connectivity index (χ4n) is 3.60. The van der Waals surface area contributed by atoms with Crippen molar-refractivity contribution in [3.05, 3.63) is 72.6 Å². The van der Waals surface area contributed by atoms with E-state index >= 15 is 0 Å². The number of nitrogens with one attached hydrogen (secondary N) is 2. The van der Waals surface area contributed by atoms with E-state index in [-0.39, 0.29) is 23.3 Å². The third-order valence-corrected chi connectivity index (χ3v) is 6.67. The van der Waals surface area contributed by atoms with E-state index in [0.29, 0.717) is 11.4 Å². The Balaban J connectivity index is 1.28. The maximum Gasteiger partial charge on any atom is 0.264 e. The maximum absolute atomic E-state index is 12.5. The number of anilines is 3. The second-order valence-corrected chi connectivity index (χ2v) is 9.48. The number of piperazine rings is 1. The number of hydrogen-bond donors (Lipinski definition) is 2. The van der Waals surface area contributed by atoms with Crippen LogP contribution in [-0.4, -0.2) is 61.9 Å². The molecule has 0 bridgehead atoms. The van der Waals surface area contributed by atoms with Crippen molar-refractivity contribution in [3.8, 4) is 0 Å². The van der Waals surface area contributed by atoms with Crippen molar-refractivity contribution in [1.29, 1.82) is 0 Å². The quantitative estimate of drug-likeness (QED) is 0.550. The van der Waals surface area contributed by atoms with Crippen molar-refractivity contribution >= 4 is 33.3 Å². The Morgan fingerprint density at radius 1 is 0.970 bits per heavy atom. The van der Waals surface area contributed by atoms with Gasteiger partial charge in [0.2, 0.25) is 11.9 Å². The number of nitrogens with zero attached hydrogens (tertiary/aromatic N) is 4. The van der Waals surface area contributed by atoms with Crippen LogP contribution in [0.3, 0.4) is 0 Å². The summed E-state index contributed by atoms with van der Waals surface area (Å²) < 4.78 is 27.5.